The van der Waals surface area contributed by atoms with Gasteiger partial charge in [0.25, 0.3) is 0 Å². The molecule has 1 aromatic carbocycles. The number of carboxylic acid groups (broad SMARTS) is 1. The highest BCUT2D eigenvalue weighted by atomic mass is 19.1. The van der Waals surface area contributed by atoms with E-state index in [4.69, 9.17) is 5.11 Å². The van der Waals surface area contributed by atoms with E-state index in [0.29, 0.717) is 0 Å². The maximum absolute atomic E-state index is 13.7. The first-order valence-corrected chi connectivity index (χ1v) is 5.55. The Hall–Kier alpha value is -2.51. The summed E-state index contributed by atoms with van der Waals surface area (Å²) >= 11 is 0. The molecule has 0 radical (unpaired) electrons. The topological polar surface area (TPSA) is 107 Å². The number of rotatable bonds is 6. The molecule has 0 bridgehead atoms. The second-order valence-corrected chi connectivity index (χ2v) is 3.98. The van der Waals surface area contributed by atoms with Gasteiger partial charge in [0.15, 0.2) is 5.92 Å². The highest BCUT2D eigenvalue weighted by Crippen LogP contribution is 2.28. The van der Waals surface area contributed by atoms with E-state index in [1.54, 1.807) is 0 Å². The molecule has 1 rings (SSSR count). The van der Waals surface area contributed by atoms with Crippen molar-refractivity contribution >= 4 is 11.9 Å². The third-order valence-electron chi connectivity index (χ3n) is 2.77. The number of benzene rings is 1. The fourth-order valence-corrected chi connectivity index (χ4v) is 1.88. The molecule has 0 aliphatic rings. The number of hydrogen-bond donors (Lipinski definition) is 1. The number of aliphatic carboxylic acids is 1. The lowest BCUT2D eigenvalue weighted by Crippen LogP contribution is -2.35. The van der Waals surface area contributed by atoms with Gasteiger partial charge in [-0.1, -0.05) is 18.2 Å². The molecule has 0 aliphatic carbocycles. The third kappa shape index (κ3) is 3.50. The molecule has 0 spiro atoms. The number of halogens is 1. The number of hydrogen-bond acceptors (Lipinski definition) is 5. The van der Waals surface area contributed by atoms with Crippen LogP contribution in [0.3, 0.4) is 0 Å². The average molecular weight is 285 g/mol. The SMILES string of the molecule is COC(=O)C(C(=O)O)C(C[N+](=O)[O-])c1ccccc1F. The number of methoxy groups -OCH3 is 1. The minimum atomic E-state index is -1.85. The maximum atomic E-state index is 13.7. The van der Waals surface area contributed by atoms with Crippen LogP contribution in [0.2, 0.25) is 0 Å². The van der Waals surface area contributed by atoms with Crippen LogP contribution >= 0.6 is 0 Å². The molecule has 0 aromatic heterocycles. The zero-order valence-electron chi connectivity index (χ0n) is 10.5. The van der Waals surface area contributed by atoms with Crippen LogP contribution in [0.4, 0.5) is 4.39 Å². The summed E-state index contributed by atoms with van der Waals surface area (Å²) < 4.78 is 18.0. The molecule has 0 fully saturated rings. The molecule has 0 saturated carbocycles. The number of carbonyl (C=O) groups is 2. The van der Waals surface area contributed by atoms with E-state index >= 15 is 0 Å². The van der Waals surface area contributed by atoms with E-state index in [-0.39, 0.29) is 5.56 Å². The van der Waals surface area contributed by atoms with Crippen molar-refractivity contribution in [2.24, 2.45) is 5.92 Å². The summed E-state index contributed by atoms with van der Waals surface area (Å²) in [5.74, 6) is -6.87. The van der Waals surface area contributed by atoms with Gasteiger partial charge in [-0.05, 0) is 11.6 Å². The van der Waals surface area contributed by atoms with Crippen molar-refractivity contribution in [3.05, 3.63) is 45.8 Å². The van der Waals surface area contributed by atoms with Crippen LogP contribution in [-0.2, 0) is 14.3 Å². The molecule has 7 nitrogen and oxygen atoms in total. The molecule has 0 saturated heterocycles. The standard InChI is InChI=1S/C12H12FNO6/c1-20-12(17)10(11(15)16)8(6-14(18)19)7-4-2-3-5-9(7)13/h2-5,8,10H,6H2,1H3,(H,15,16). The fourth-order valence-electron chi connectivity index (χ4n) is 1.88. The zero-order chi connectivity index (χ0) is 15.3. The van der Waals surface area contributed by atoms with Gasteiger partial charge in [0.05, 0.1) is 13.0 Å². The van der Waals surface area contributed by atoms with Gasteiger partial charge in [-0.25, -0.2) is 4.39 Å². The molecular weight excluding hydrogens is 273 g/mol. The van der Waals surface area contributed by atoms with Crippen molar-refractivity contribution in [1.82, 2.24) is 0 Å². The van der Waals surface area contributed by atoms with Crippen LogP contribution in [0, 0.1) is 21.8 Å². The number of ether oxygens (including phenoxy) is 1. The number of nitrogens with zero attached hydrogens (tertiary/aromatic N) is 1. The van der Waals surface area contributed by atoms with Gasteiger partial charge in [0.2, 0.25) is 6.54 Å². The summed E-state index contributed by atoms with van der Waals surface area (Å²) in [6.07, 6.45) is 0. The van der Waals surface area contributed by atoms with Crippen molar-refractivity contribution in [3.8, 4) is 0 Å². The predicted octanol–water partition coefficient (Wildman–Crippen LogP) is 1.06. The minimum absolute atomic E-state index is 0.206. The molecule has 2 unspecified atom stereocenters. The van der Waals surface area contributed by atoms with Crippen molar-refractivity contribution in [1.29, 1.82) is 0 Å². The van der Waals surface area contributed by atoms with Crippen LogP contribution in [0.25, 0.3) is 0 Å². The van der Waals surface area contributed by atoms with Gasteiger partial charge in [0, 0.05) is 4.92 Å². The van der Waals surface area contributed by atoms with Gasteiger partial charge in [-0.3, -0.25) is 19.7 Å². The van der Waals surface area contributed by atoms with E-state index < -0.39 is 41.1 Å². The Kier molecular flexibility index (Phi) is 5.13. The van der Waals surface area contributed by atoms with Crippen molar-refractivity contribution in [2.75, 3.05) is 13.7 Å². The number of nitro groups is 1. The van der Waals surface area contributed by atoms with Gasteiger partial charge >= 0.3 is 11.9 Å². The Morgan fingerprint density at radius 3 is 2.50 bits per heavy atom. The van der Waals surface area contributed by atoms with Crippen LogP contribution in [0.1, 0.15) is 11.5 Å². The van der Waals surface area contributed by atoms with Crippen LogP contribution in [-0.4, -0.2) is 35.6 Å². The Bertz CT molecular complexity index is 532. The van der Waals surface area contributed by atoms with E-state index in [1.807, 2.05) is 0 Å². The largest absolute Gasteiger partial charge is 0.481 e. The van der Waals surface area contributed by atoms with Crippen LogP contribution in [0.15, 0.2) is 24.3 Å². The van der Waals surface area contributed by atoms with E-state index in [1.165, 1.54) is 18.2 Å². The lowest BCUT2D eigenvalue weighted by Gasteiger charge is -2.19. The lowest BCUT2D eigenvalue weighted by atomic mass is 9.85. The van der Waals surface area contributed by atoms with E-state index in [9.17, 15) is 24.1 Å². The van der Waals surface area contributed by atoms with Crippen molar-refractivity contribution < 1.29 is 28.7 Å². The summed E-state index contributed by atoms with van der Waals surface area (Å²) in [5, 5.41) is 19.7. The van der Waals surface area contributed by atoms with Gasteiger partial charge in [0.1, 0.15) is 5.82 Å². The summed E-state index contributed by atoms with van der Waals surface area (Å²) in [4.78, 5) is 32.5. The number of esters is 1. The highest BCUT2D eigenvalue weighted by molar-refractivity contribution is 5.95. The second kappa shape index (κ2) is 6.60. The summed E-state index contributed by atoms with van der Waals surface area (Å²) in [7, 11) is 0.961. The molecule has 1 aromatic rings. The van der Waals surface area contributed by atoms with Crippen molar-refractivity contribution in [3.63, 3.8) is 0 Å². The summed E-state index contributed by atoms with van der Waals surface area (Å²) in [6, 6.07) is 5.01. The Labute approximate surface area is 113 Å². The average Bonchev–Trinajstić information content (AvgIpc) is 2.37. The zero-order valence-corrected chi connectivity index (χ0v) is 10.5. The quantitative estimate of drug-likeness (QED) is 0.362. The van der Waals surface area contributed by atoms with Crippen LogP contribution < -0.4 is 0 Å². The Balaban J connectivity index is 3.30. The number of carboxylic acids is 1. The first-order valence-electron chi connectivity index (χ1n) is 5.55. The molecule has 0 aliphatic heterocycles. The molecule has 20 heavy (non-hydrogen) atoms. The first-order chi connectivity index (χ1) is 9.38. The van der Waals surface area contributed by atoms with Crippen molar-refractivity contribution in [2.45, 2.75) is 5.92 Å². The van der Waals surface area contributed by atoms with Gasteiger partial charge in [-0.15, -0.1) is 0 Å². The molecule has 1 N–H and O–H groups in total. The molecule has 2 atom stereocenters. The summed E-state index contributed by atoms with van der Waals surface area (Å²) in [5.41, 5.74) is -0.206. The van der Waals surface area contributed by atoms with Crippen LogP contribution in [0.5, 0.6) is 0 Å². The molecule has 0 amide bonds. The van der Waals surface area contributed by atoms with E-state index in [2.05, 4.69) is 4.74 Å². The Morgan fingerprint density at radius 2 is 2.05 bits per heavy atom. The molecular formula is C12H12FNO6. The maximum Gasteiger partial charge on any atom is 0.320 e. The molecule has 8 heteroatoms. The Morgan fingerprint density at radius 1 is 1.45 bits per heavy atom. The fraction of sp³-hybridized carbons (Fsp3) is 0.333. The molecule has 108 valence electrons. The predicted molar refractivity (Wildman–Crippen MR) is 64.1 cm³/mol. The normalized spacial score (nSPS) is 13.3. The smallest absolute Gasteiger partial charge is 0.320 e. The van der Waals surface area contributed by atoms with Gasteiger partial charge in [-0.2, -0.15) is 0 Å². The summed E-state index contributed by atoms with van der Waals surface area (Å²) in [6.45, 7) is -0.896. The monoisotopic (exact) mass is 285 g/mol. The lowest BCUT2D eigenvalue weighted by molar-refractivity contribution is -0.484. The number of carbonyl (C=O) groups excluding carboxylic acids is 1. The van der Waals surface area contributed by atoms with E-state index in [0.717, 1.165) is 13.2 Å². The first kappa shape index (κ1) is 15.5. The third-order valence-corrected chi connectivity index (χ3v) is 2.77. The second-order valence-electron chi connectivity index (χ2n) is 3.98. The van der Waals surface area contributed by atoms with Gasteiger partial charge < -0.3 is 9.84 Å². The highest BCUT2D eigenvalue weighted by Gasteiger charge is 2.41. The molecule has 0 heterocycles. The minimum Gasteiger partial charge on any atom is -0.481 e.